The van der Waals surface area contributed by atoms with E-state index in [4.69, 9.17) is 4.74 Å². The molecule has 0 bridgehead atoms. The lowest BCUT2D eigenvalue weighted by atomic mass is 10.1. The summed E-state index contributed by atoms with van der Waals surface area (Å²) in [4.78, 5) is 4.59. The third-order valence-corrected chi connectivity index (χ3v) is 6.09. The fraction of sp³-hybridized carbons (Fsp3) is 0.0952. The molecule has 0 aliphatic heterocycles. The molecular formula is C21H16N6O2S2. The number of para-hydroxylation sites is 1. The van der Waals surface area contributed by atoms with Crippen molar-refractivity contribution in [3.63, 3.8) is 0 Å². The molecule has 1 N–H and O–H groups in total. The van der Waals surface area contributed by atoms with Gasteiger partial charge in [0.2, 0.25) is 5.16 Å². The summed E-state index contributed by atoms with van der Waals surface area (Å²) in [5, 5.41) is 34.4. The first-order valence-corrected chi connectivity index (χ1v) is 10.9. The zero-order chi connectivity index (χ0) is 21.6. The smallest absolute Gasteiger partial charge is 0.214 e. The highest BCUT2D eigenvalue weighted by Gasteiger charge is 2.12. The topological polar surface area (TPSA) is 110 Å². The first kappa shape index (κ1) is 20.6. The van der Waals surface area contributed by atoms with E-state index >= 15 is 0 Å². The first-order chi connectivity index (χ1) is 15.2. The van der Waals surface area contributed by atoms with Crippen molar-refractivity contribution in [2.75, 3.05) is 7.11 Å². The maximum Gasteiger partial charge on any atom is 0.214 e. The number of tetrazole rings is 1. The summed E-state index contributed by atoms with van der Waals surface area (Å²) in [7, 11) is 1.48. The third-order valence-electron chi connectivity index (χ3n) is 4.21. The second-order valence-electron chi connectivity index (χ2n) is 6.24. The molecule has 0 saturated heterocycles. The molecule has 2 heterocycles. The number of methoxy groups -OCH3 is 1. The van der Waals surface area contributed by atoms with Gasteiger partial charge in [-0.2, -0.15) is 9.94 Å². The van der Waals surface area contributed by atoms with E-state index in [1.165, 1.54) is 36.3 Å². The van der Waals surface area contributed by atoms with E-state index in [-0.39, 0.29) is 5.75 Å². The average Bonchev–Trinajstić information content (AvgIpc) is 3.47. The van der Waals surface area contributed by atoms with Gasteiger partial charge in [0.1, 0.15) is 11.1 Å². The number of phenolic OH excluding ortho intramolecular Hbond substituents is 1. The van der Waals surface area contributed by atoms with E-state index in [0.29, 0.717) is 27.2 Å². The summed E-state index contributed by atoms with van der Waals surface area (Å²) >= 11 is 2.87. The Morgan fingerprint density at radius 3 is 2.90 bits per heavy atom. The Morgan fingerprint density at radius 2 is 2.13 bits per heavy atom. The SMILES string of the molecule is COc1cc(C=C(C#N)c2nc(CSc3nnnn3-c3ccccc3)cs2)ccc1O. The Morgan fingerprint density at radius 1 is 1.29 bits per heavy atom. The lowest BCUT2D eigenvalue weighted by Gasteiger charge is -2.04. The van der Waals surface area contributed by atoms with Crippen LogP contribution >= 0.6 is 23.1 Å². The molecule has 31 heavy (non-hydrogen) atoms. The molecule has 10 heteroatoms. The predicted molar refractivity (Wildman–Crippen MR) is 119 cm³/mol. The number of nitriles is 1. The van der Waals surface area contributed by atoms with Gasteiger partial charge in [-0.05, 0) is 46.3 Å². The molecule has 0 spiro atoms. The highest BCUT2D eigenvalue weighted by atomic mass is 32.2. The van der Waals surface area contributed by atoms with E-state index in [1.807, 2.05) is 35.7 Å². The van der Waals surface area contributed by atoms with E-state index in [0.717, 1.165) is 16.9 Å². The molecule has 0 fully saturated rings. The molecule has 4 rings (SSSR count). The van der Waals surface area contributed by atoms with Crippen LogP contribution < -0.4 is 4.74 Å². The standard InChI is InChI=1S/C21H16N6O2S2/c1-29-19-10-14(7-8-18(19)28)9-15(11-22)20-23-16(12-30-20)13-31-21-24-25-26-27(21)17-5-3-2-4-6-17/h2-10,12,28H,13H2,1H3. The molecule has 8 nitrogen and oxygen atoms in total. The fourth-order valence-corrected chi connectivity index (χ4v) is 4.40. The normalized spacial score (nSPS) is 11.3. The predicted octanol–water partition coefficient (Wildman–Crippen LogP) is 4.19. The van der Waals surface area contributed by atoms with Crippen LogP contribution in [-0.4, -0.2) is 37.4 Å². The van der Waals surface area contributed by atoms with Crippen molar-refractivity contribution < 1.29 is 9.84 Å². The average molecular weight is 449 g/mol. The van der Waals surface area contributed by atoms with Crippen molar-refractivity contribution in [1.82, 2.24) is 25.2 Å². The summed E-state index contributed by atoms with van der Waals surface area (Å²) < 4.78 is 6.80. The summed E-state index contributed by atoms with van der Waals surface area (Å²) in [5.74, 6) is 0.957. The number of thiazole rings is 1. The number of benzene rings is 2. The van der Waals surface area contributed by atoms with Crippen molar-refractivity contribution in [2.45, 2.75) is 10.9 Å². The van der Waals surface area contributed by atoms with Gasteiger partial charge < -0.3 is 9.84 Å². The van der Waals surface area contributed by atoms with Crippen LogP contribution in [0.1, 0.15) is 16.3 Å². The van der Waals surface area contributed by atoms with Crippen molar-refractivity contribution >= 4 is 34.7 Å². The molecule has 2 aromatic carbocycles. The molecule has 0 radical (unpaired) electrons. The van der Waals surface area contributed by atoms with Gasteiger partial charge in [0.05, 0.1) is 24.1 Å². The number of rotatable bonds is 7. The quantitative estimate of drug-likeness (QED) is 0.331. The highest BCUT2D eigenvalue weighted by Crippen LogP contribution is 2.30. The van der Waals surface area contributed by atoms with Crippen LogP contribution in [0, 0.1) is 11.3 Å². The third kappa shape index (κ3) is 4.74. The number of aromatic nitrogens is 5. The number of phenols is 1. The van der Waals surface area contributed by atoms with Crippen molar-refractivity contribution in [2.24, 2.45) is 0 Å². The maximum absolute atomic E-state index is 9.74. The largest absolute Gasteiger partial charge is 0.504 e. The van der Waals surface area contributed by atoms with Crippen molar-refractivity contribution in [3.8, 4) is 23.3 Å². The van der Waals surface area contributed by atoms with Crippen LogP contribution in [0.25, 0.3) is 17.3 Å². The second kappa shape index (κ2) is 9.42. The molecule has 0 aliphatic rings. The van der Waals surface area contributed by atoms with Crippen LogP contribution in [0.3, 0.4) is 0 Å². The Hall–Kier alpha value is -3.68. The lowest BCUT2D eigenvalue weighted by molar-refractivity contribution is 0.373. The molecule has 0 saturated carbocycles. The van der Waals surface area contributed by atoms with Gasteiger partial charge in [0.15, 0.2) is 11.5 Å². The van der Waals surface area contributed by atoms with E-state index in [1.54, 1.807) is 22.9 Å². The minimum atomic E-state index is 0.0459. The van der Waals surface area contributed by atoms with Crippen LogP contribution in [0.15, 0.2) is 59.1 Å². The molecule has 0 unspecified atom stereocenters. The molecule has 154 valence electrons. The summed E-state index contributed by atoms with van der Waals surface area (Å²) in [6.45, 7) is 0. The number of ether oxygens (including phenoxy) is 1. The van der Waals surface area contributed by atoms with E-state index in [9.17, 15) is 10.4 Å². The summed E-state index contributed by atoms with van der Waals surface area (Å²) in [5.41, 5.74) is 2.88. The van der Waals surface area contributed by atoms with Gasteiger partial charge in [-0.15, -0.1) is 16.4 Å². The number of thioether (sulfide) groups is 1. The molecule has 0 atom stereocenters. The van der Waals surface area contributed by atoms with E-state index in [2.05, 4.69) is 26.6 Å². The Balaban J connectivity index is 1.50. The lowest BCUT2D eigenvalue weighted by Crippen LogP contribution is -1.98. The highest BCUT2D eigenvalue weighted by molar-refractivity contribution is 7.98. The number of nitrogens with zero attached hydrogens (tertiary/aromatic N) is 6. The Kier molecular flexibility index (Phi) is 6.26. The number of hydrogen-bond acceptors (Lipinski definition) is 9. The van der Waals surface area contributed by atoms with Gasteiger partial charge >= 0.3 is 0 Å². The van der Waals surface area contributed by atoms with Gasteiger partial charge in [-0.25, -0.2) is 4.98 Å². The number of aromatic hydroxyl groups is 1. The molecule has 0 aliphatic carbocycles. The van der Waals surface area contributed by atoms with Gasteiger partial charge in [0, 0.05) is 11.1 Å². The Labute approximate surface area is 186 Å². The minimum absolute atomic E-state index is 0.0459. The first-order valence-electron chi connectivity index (χ1n) is 9.08. The van der Waals surface area contributed by atoms with Crippen molar-refractivity contribution in [1.29, 1.82) is 5.26 Å². The second-order valence-corrected chi connectivity index (χ2v) is 8.04. The maximum atomic E-state index is 9.74. The van der Waals surface area contributed by atoms with Gasteiger partial charge in [0.25, 0.3) is 0 Å². The molecule has 0 amide bonds. The van der Waals surface area contributed by atoms with Crippen LogP contribution in [0.5, 0.6) is 11.5 Å². The van der Waals surface area contributed by atoms with Gasteiger partial charge in [-0.3, -0.25) is 0 Å². The van der Waals surface area contributed by atoms with Crippen molar-refractivity contribution in [3.05, 3.63) is 70.2 Å². The minimum Gasteiger partial charge on any atom is -0.504 e. The molecule has 2 aromatic heterocycles. The van der Waals surface area contributed by atoms with Crippen LogP contribution in [-0.2, 0) is 5.75 Å². The monoisotopic (exact) mass is 448 g/mol. The summed E-state index contributed by atoms with van der Waals surface area (Å²) in [6.07, 6.45) is 1.72. The number of hydrogen-bond donors (Lipinski definition) is 1. The molecular weight excluding hydrogens is 432 g/mol. The van der Waals surface area contributed by atoms with E-state index < -0.39 is 0 Å². The van der Waals surface area contributed by atoms with Gasteiger partial charge in [-0.1, -0.05) is 36.0 Å². The number of allylic oxidation sites excluding steroid dienone is 1. The summed E-state index contributed by atoms with van der Waals surface area (Å²) in [6, 6.07) is 16.8. The molecule has 4 aromatic rings. The fourth-order valence-electron chi connectivity index (χ4n) is 2.73. The Bertz CT molecular complexity index is 1260. The zero-order valence-corrected chi connectivity index (χ0v) is 18.0. The van der Waals surface area contributed by atoms with Crippen LogP contribution in [0.4, 0.5) is 0 Å². The van der Waals surface area contributed by atoms with Crippen LogP contribution in [0.2, 0.25) is 0 Å². The zero-order valence-electron chi connectivity index (χ0n) is 16.3.